The molecule has 0 radical (unpaired) electrons. The van der Waals surface area contributed by atoms with Crippen molar-refractivity contribution >= 4 is 23.4 Å². The molecule has 28 heavy (non-hydrogen) atoms. The van der Waals surface area contributed by atoms with Crippen molar-refractivity contribution in [2.24, 2.45) is 5.10 Å². The molecule has 0 atom stereocenters. The molecule has 0 aliphatic rings. The molecule has 0 bridgehead atoms. The summed E-state index contributed by atoms with van der Waals surface area (Å²) < 4.78 is 80.8. The quantitative estimate of drug-likeness (QED) is 0.338. The molecule has 1 aromatic heterocycles. The van der Waals surface area contributed by atoms with Crippen LogP contribution in [0.1, 0.15) is 16.7 Å². The van der Waals surface area contributed by atoms with Crippen molar-refractivity contribution in [2.75, 3.05) is 5.43 Å². The SMILES string of the molecule is FC(F)(F)c1cc(/C=N/Nc2ccc(-c3csnn3)cc2)cc(C(F)(F)F)c1. The zero-order valence-electron chi connectivity index (χ0n) is 13.7. The molecule has 0 unspecified atom stereocenters. The molecule has 0 aliphatic carbocycles. The summed E-state index contributed by atoms with van der Waals surface area (Å²) in [6.07, 6.45) is -8.92. The molecule has 1 N–H and O–H groups in total. The summed E-state index contributed by atoms with van der Waals surface area (Å²) >= 11 is 1.20. The summed E-state index contributed by atoms with van der Waals surface area (Å²) in [6.45, 7) is 0. The Morgan fingerprint density at radius 2 is 1.50 bits per heavy atom. The number of nitrogens with zero attached hydrogens (tertiary/aromatic N) is 3. The topological polar surface area (TPSA) is 50.2 Å². The van der Waals surface area contributed by atoms with Gasteiger partial charge in [-0.1, -0.05) is 16.6 Å². The average Bonchev–Trinajstić information content (AvgIpc) is 3.15. The lowest BCUT2D eigenvalue weighted by Gasteiger charge is -2.12. The van der Waals surface area contributed by atoms with Crippen LogP contribution < -0.4 is 5.43 Å². The molecule has 0 fully saturated rings. The molecule has 0 spiro atoms. The van der Waals surface area contributed by atoms with Gasteiger partial charge in [-0.15, -0.1) is 5.10 Å². The maximum atomic E-state index is 12.8. The molecule has 2 aromatic carbocycles. The Bertz CT molecular complexity index is 931. The standard InChI is InChI=1S/C17H10F6N4S/c18-16(19,20)12-5-10(6-13(7-12)17(21,22)23)8-24-25-14-3-1-11(2-4-14)15-9-28-27-26-15/h1-9,25H/b24-8+. The lowest BCUT2D eigenvalue weighted by atomic mass is 10.1. The van der Waals surface area contributed by atoms with Crippen molar-refractivity contribution in [2.45, 2.75) is 12.4 Å². The Labute approximate surface area is 158 Å². The summed E-state index contributed by atoms with van der Waals surface area (Å²) in [5.41, 5.74) is 1.40. The molecule has 146 valence electrons. The lowest BCUT2D eigenvalue weighted by molar-refractivity contribution is -0.143. The van der Waals surface area contributed by atoms with Crippen LogP contribution in [0.4, 0.5) is 32.0 Å². The third-order valence-corrected chi connectivity index (χ3v) is 4.06. The second-order valence-corrected chi connectivity index (χ2v) is 6.19. The van der Waals surface area contributed by atoms with Crippen molar-refractivity contribution in [3.05, 3.63) is 64.5 Å². The number of alkyl halides is 6. The van der Waals surface area contributed by atoms with Gasteiger partial charge in [-0.3, -0.25) is 5.43 Å². The van der Waals surface area contributed by atoms with Gasteiger partial charge in [0.25, 0.3) is 0 Å². The van der Waals surface area contributed by atoms with Gasteiger partial charge in [0.1, 0.15) is 5.69 Å². The van der Waals surface area contributed by atoms with E-state index in [0.29, 0.717) is 23.5 Å². The first-order chi connectivity index (χ1) is 13.1. The number of halogens is 6. The monoisotopic (exact) mass is 416 g/mol. The van der Waals surface area contributed by atoms with Gasteiger partial charge >= 0.3 is 12.4 Å². The number of hydrazone groups is 1. The van der Waals surface area contributed by atoms with Crippen molar-refractivity contribution in [1.82, 2.24) is 9.59 Å². The normalized spacial score (nSPS) is 12.5. The Morgan fingerprint density at radius 1 is 0.893 bits per heavy atom. The van der Waals surface area contributed by atoms with Crippen LogP contribution in [-0.2, 0) is 12.4 Å². The first kappa shape index (κ1) is 19.8. The van der Waals surface area contributed by atoms with Crippen LogP contribution in [0.3, 0.4) is 0 Å². The van der Waals surface area contributed by atoms with Gasteiger partial charge in [0, 0.05) is 10.9 Å². The highest BCUT2D eigenvalue weighted by molar-refractivity contribution is 7.03. The Kier molecular flexibility index (Phi) is 5.36. The molecule has 3 aromatic rings. The smallest absolute Gasteiger partial charge is 0.279 e. The second kappa shape index (κ2) is 7.58. The van der Waals surface area contributed by atoms with Gasteiger partial charge in [-0.05, 0) is 47.4 Å². The van der Waals surface area contributed by atoms with E-state index in [1.165, 1.54) is 11.5 Å². The molecular weight excluding hydrogens is 406 g/mol. The predicted octanol–water partition coefficient (Wildman–Crippen LogP) is 5.69. The summed E-state index contributed by atoms with van der Waals surface area (Å²) in [5.74, 6) is 0. The fourth-order valence-electron chi connectivity index (χ4n) is 2.24. The van der Waals surface area contributed by atoms with Gasteiger partial charge in [0.15, 0.2) is 0 Å². The van der Waals surface area contributed by atoms with Gasteiger partial charge in [0.05, 0.1) is 23.0 Å². The number of nitrogens with one attached hydrogen (secondary N) is 1. The third kappa shape index (κ3) is 4.85. The summed E-state index contributed by atoms with van der Waals surface area (Å²) in [5, 5.41) is 9.38. The number of aromatic nitrogens is 2. The van der Waals surface area contributed by atoms with Crippen LogP contribution in [0.5, 0.6) is 0 Å². The van der Waals surface area contributed by atoms with Crippen LogP contribution in [0.2, 0.25) is 0 Å². The molecule has 1 heterocycles. The molecule has 11 heteroatoms. The molecular formula is C17H10F6N4S. The second-order valence-electron chi connectivity index (χ2n) is 5.58. The van der Waals surface area contributed by atoms with Crippen molar-refractivity contribution in [3.8, 4) is 11.3 Å². The van der Waals surface area contributed by atoms with E-state index in [1.54, 1.807) is 29.6 Å². The van der Waals surface area contributed by atoms with Gasteiger partial charge in [-0.2, -0.15) is 31.4 Å². The molecule has 0 saturated heterocycles. The van der Waals surface area contributed by atoms with E-state index in [-0.39, 0.29) is 11.6 Å². The van der Waals surface area contributed by atoms with E-state index >= 15 is 0 Å². The maximum Gasteiger partial charge on any atom is 0.416 e. The number of anilines is 1. The van der Waals surface area contributed by atoms with E-state index in [0.717, 1.165) is 11.8 Å². The van der Waals surface area contributed by atoms with E-state index in [9.17, 15) is 26.3 Å². The van der Waals surface area contributed by atoms with Crippen LogP contribution >= 0.6 is 11.5 Å². The molecule has 0 aliphatic heterocycles. The fourth-order valence-corrected chi connectivity index (χ4v) is 2.71. The maximum absolute atomic E-state index is 12.8. The summed E-state index contributed by atoms with van der Waals surface area (Å²) in [6, 6.07) is 7.98. The van der Waals surface area contributed by atoms with E-state index in [2.05, 4.69) is 20.1 Å². The van der Waals surface area contributed by atoms with Crippen molar-refractivity contribution in [1.29, 1.82) is 0 Å². The minimum atomic E-state index is -4.91. The van der Waals surface area contributed by atoms with E-state index < -0.39 is 23.5 Å². The zero-order chi connectivity index (χ0) is 20.4. The molecule has 3 rings (SSSR count). The summed E-state index contributed by atoms with van der Waals surface area (Å²) in [4.78, 5) is 0. The minimum Gasteiger partial charge on any atom is -0.279 e. The number of benzene rings is 2. The zero-order valence-corrected chi connectivity index (χ0v) is 14.5. The number of rotatable bonds is 4. The lowest BCUT2D eigenvalue weighted by Crippen LogP contribution is -2.11. The van der Waals surface area contributed by atoms with Gasteiger partial charge in [-0.25, -0.2) is 0 Å². The van der Waals surface area contributed by atoms with Gasteiger partial charge in [0.2, 0.25) is 0 Å². The van der Waals surface area contributed by atoms with Crippen LogP contribution in [0, 0.1) is 0 Å². The van der Waals surface area contributed by atoms with Crippen LogP contribution in [-0.4, -0.2) is 15.8 Å². The molecule has 0 saturated carbocycles. The number of hydrogen-bond acceptors (Lipinski definition) is 5. The van der Waals surface area contributed by atoms with Crippen LogP contribution in [0.25, 0.3) is 11.3 Å². The highest BCUT2D eigenvalue weighted by Gasteiger charge is 2.36. The van der Waals surface area contributed by atoms with Crippen molar-refractivity contribution < 1.29 is 26.3 Å². The van der Waals surface area contributed by atoms with Crippen LogP contribution in [0.15, 0.2) is 52.9 Å². The highest BCUT2D eigenvalue weighted by Crippen LogP contribution is 2.36. The van der Waals surface area contributed by atoms with E-state index in [1.807, 2.05) is 0 Å². The van der Waals surface area contributed by atoms with E-state index in [4.69, 9.17) is 0 Å². The predicted molar refractivity (Wildman–Crippen MR) is 93.0 cm³/mol. The van der Waals surface area contributed by atoms with Crippen molar-refractivity contribution in [3.63, 3.8) is 0 Å². The third-order valence-electron chi connectivity index (χ3n) is 3.56. The summed E-state index contributed by atoms with van der Waals surface area (Å²) in [7, 11) is 0. The molecule has 4 nitrogen and oxygen atoms in total. The largest absolute Gasteiger partial charge is 0.416 e. The average molecular weight is 416 g/mol. The Hall–Kier alpha value is -2.95. The Morgan fingerprint density at radius 3 is 2.00 bits per heavy atom. The first-order valence-electron chi connectivity index (χ1n) is 7.59. The molecule has 0 amide bonds. The fraction of sp³-hybridized carbons (Fsp3) is 0.118. The van der Waals surface area contributed by atoms with Gasteiger partial charge < -0.3 is 0 Å². The number of hydrogen-bond donors (Lipinski definition) is 1. The first-order valence-corrected chi connectivity index (χ1v) is 8.42. The Balaban J connectivity index is 1.78. The highest BCUT2D eigenvalue weighted by atomic mass is 32.1. The minimum absolute atomic E-state index is 0.0663.